The molecule has 1 amide bonds. The molecule has 4 aliphatic heterocycles. The van der Waals surface area contributed by atoms with Crippen LogP contribution in [0, 0.1) is 11.3 Å². The number of pyridine rings is 1. The molecule has 3 fully saturated rings. The van der Waals surface area contributed by atoms with E-state index in [4.69, 9.17) is 14.2 Å². The lowest BCUT2D eigenvalue weighted by molar-refractivity contribution is -0.179. The molecule has 300 valence electrons. The lowest BCUT2D eigenvalue weighted by Gasteiger charge is -2.46. The maximum atomic E-state index is 15.1. The van der Waals surface area contributed by atoms with Crippen molar-refractivity contribution in [3.63, 3.8) is 0 Å². The molecular formula is C47H55N3O7. The number of piperazine rings is 1. The van der Waals surface area contributed by atoms with Gasteiger partial charge in [0.05, 0.1) is 22.5 Å². The fourth-order valence-corrected chi connectivity index (χ4v) is 10.6. The molecule has 4 bridgehead atoms. The van der Waals surface area contributed by atoms with Crippen molar-refractivity contribution in [2.45, 2.75) is 110 Å². The monoisotopic (exact) mass is 773 g/mol. The maximum absolute atomic E-state index is 15.1. The van der Waals surface area contributed by atoms with Crippen molar-refractivity contribution in [1.29, 1.82) is 0 Å². The maximum Gasteiger partial charge on any atom is 0.249 e. The van der Waals surface area contributed by atoms with Crippen LogP contribution < -0.4 is 14.4 Å². The van der Waals surface area contributed by atoms with Gasteiger partial charge in [-0.05, 0) is 106 Å². The molecule has 2 aromatic rings. The van der Waals surface area contributed by atoms with E-state index in [9.17, 15) is 14.7 Å². The lowest BCUT2D eigenvalue weighted by atomic mass is 9.70. The summed E-state index contributed by atoms with van der Waals surface area (Å²) in [5.74, 6) is 0.175. The molecule has 1 aromatic carbocycles. The number of hydrogen-bond acceptors (Lipinski definition) is 9. The summed E-state index contributed by atoms with van der Waals surface area (Å²) in [4.78, 5) is 52.4. The van der Waals surface area contributed by atoms with Crippen molar-refractivity contribution < 1.29 is 33.7 Å². The van der Waals surface area contributed by atoms with Crippen LogP contribution in [0.2, 0.25) is 0 Å². The Bertz CT molecular complexity index is 2230. The first kappa shape index (κ1) is 38.9. The molecule has 2 aliphatic carbocycles. The van der Waals surface area contributed by atoms with E-state index < -0.39 is 33.7 Å². The predicted molar refractivity (Wildman–Crippen MR) is 220 cm³/mol. The summed E-state index contributed by atoms with van der Waals surface area (Å²) in [6, 6.07) is 5.81. The summed E-state index contributed by atoms with van der Waals surface area (Å²) in [7, 11) is 0. The van der Waals surface area contributed by atoms with Crippen LogP contribution in [0.3, 0.4) is 0 Å². The molecule has 6 aliphatic rings. The minimum Gasteiger partial charge on any atom is -0.506 e. The molecule has 10 heteroatoms. The van der Waals surface area contributed by atoms with Crippen molar-refractivity contribution in [3.05, 3.63) is 93.8 Å². The second-order valence-corrected chi connectivity index (χ2v) is 18.2. The Hall–Kier alpha value is -4.96. The van der Waals surface area contributed by atoms with Gasteiger partial charge in [-0.1, -0.05) is 41.5 Å². The number of carbonyl (C=O) groups excluding carboxylic acids is 3. The summed E-state index contributed by atoms with van der Waals surface area (Å²) >= 11 is 0. The van der Waals surface area contributed by atoms with Gasteiger partial charge in [0.15, 0.2) is 22.8 Å². The molecule has 1 N–H and O–H groups in total. The van der Waals surface area contributed by atoms with E-state index in [-0.39, 0.29) is 41.0 Å². The van der Waals surface area contributed by atoms with E-state index in [0.29, 0.717) is 67.0 Å². The van der Waals surface area contributed by atoms with Crippen LogP contribution in [0.4, 0.5) is 5.82 Å². The molecule has 1 saturated carbocycles. The Morgan fingerprint density at radius 3 is 2.33 bits per heavy atom. The Kier molecular flexibility index (Phi) is 9.07. The van der Waals surface area contributed by atoms with Crippen molar-refractivity contribution in [2.24, 2.45) is 11.3 Å². The van der Waals surface area contributed by atoms with Crippen LogP contribution in [0.5, 0.6) is 17.2 Å². The second-order valence-electron chi connectivity index (χ2n) is 18.2. The van der Waals surface area contributed by atoms with Crippen molar-refractivity contribution in [2.75, 3.05) is 31.1 Å². The van der Waals surface area contributed by atoms with Gasteiger partial charge in [-0.2, -0.15) is 0 Å². The summed E-state index contributed by atoms with van der Waals surface area (Å²) in [5.41, 5.74) is -1.48. The molecule has 4 unspecified atom stereocenters. The van der Waals surface area contributed by atoms with Gasteiger partial charge in [-0.25, -0.2) is 4.98 Å². The SMILES string of the molecule is CC(C)=CCCC1(C)C=Cc2c(O)c3c(c(CC=C(C)C)c2O1)OC12C(=C[C@@]4(C)C(=O)C1(C/C=C(/C)C(=O)N1CCN(c5ccccn5)CC1)OC(C)(C)C24)C3=O. The number of phenols is 1. The molecule has 0 radical (unpaired) electrons. The van der Waals surface area contributed by atoms with Gasteiger partial charge < -0.3 is 29.1 Å². The highest BCUT2D eigenvalue weighted by atomic mass is 16.6. The van der Waals surface area contributed by atoms with Gasteiger partial charge in [-0.15, -0.1) is 0 Å². The van der Waals surface area contributed by atoms with Gasteiger partial charge >= 0.3 is 0 Å². The van der Waals surface area contributed by atoms with Crippen LogP contribution in [0.15, 0.2) is 77.1 Å². The van der Waals surface area contributed by atoms with Crippen LogP contribution in [0.25, 0.3) is 6.08 Å². The number of anilines is 1. The molecule has 10 nitrogen and oxygen atoms in total. The van der Waals surface area contributed by atoms with Gasteiger partial charge in [0.1, 0.15) is 34.2 Å². The topological polar surface area (TPSA) is 118 Å². The average molecular weight is 774 g/mol. The number of ether oxygens (including phenoxy) is 3. The van der Waals surface area contributed by atoms with Gasteiger partial charge in [0.25, 0.3) is 0 Å². The number of Topliss-reactive ketones (excluding diaryl/α,β-unsaturated/α-hetero) is 2. The number of phenolic OH excluding ortho intramolecular Hbond substituents is 1. The minimum atomic E-state index is -1.61. The molecule has 1 aromatic heterocycles. The molecule has 1 spiro atoms. The van der Waals surface area contributed by atoms with E-state index >= 15 is 4.79 Å². The highest BCUT2D eigenvalue weighted by Gasteiger charge is 2.89. The fourth-order valence-electron chi connectivity index (χ4n) is 10.6. The Balaban J connectivity index is 1.19. The predicted octanol–water partition coefficient (Wildman–Crippen LogP) is 7.90. The number of carbonyl (C=O) groups is 3. The molecule has 8 rings (SSSR count). The van der Waals surface area contributed by atoms with Gasteiger partial charge in [0.2, 0.25) is 5.91 Å². The van der Waals surface area contributed by atoms with Crippen LogP contribution in [-0.4, -0.2) is 81.0 Å². The van der Waals surface area contributed by atoms with E-state index in [1.807, 2.05) is 76.8 Å². The second kappa shape index (κ2) is 13.3. The highest BCUT2D eigenvalue weighted by Crippen LogP contribution is 2.75. The summed E-state index contributed by atoms with van der Waals surface area (Å²) < 4.78 is 21.1. The van der Waals surface area contributed by atoms with Crippen LogP contribution in [0.1, 0.15) is 103 Å². The largest absolute Gasteiger partial charge is 0.506 e. The molecule has 2 saturated heterocycles. The first-order valence-corrected chi connectivity index (χ1v) is 20.3. The quantitative estimate of drug-likeness (QED) is 0.201. The Labute approximate surface area is 336 Å². The Morgan fingerprint density at radius 1 is 0.947 bits per heavy atom. The summed E-state index contributed by atoms with van der Waals surface area (Å²) in [6.07, 6.45) is 15.3. The molecular weight excluding hydrogens is 719 g/mol. The first-order chi connectivity index (χ1) is 26.9. The van der Waals surface area contributed by atoms with Crippen LogP contribution in [-0.2, 0) is 20.7 Å². The molecule has 57 heavy (non-hydrogen) atoms. The first-order valence-electron chi connectivity index (χ1n) is 20.3. The van der Waals surface area contributed by atoms with Gasteiger partial charge in [-0.3, -0.25) is 14.4 Å². The Morgan fingerprint density at radius 2 is 1.67 bits per heavy atom. The highest BCUT2D eigenvalue weighted by molar-refractivity contribution is 6.21. The van der Waals surface area contributed by atoms with Crippen molar-refractivity contribution >= 4 is 29.4 Å². The number of nitrogens with zero attached hydrogens (tertiary/aromatic N) is 3. The average Bonchev–Trinajstić information content (AvgIpc) is 3.63. The summed E-state index contributed by atoms with van der Waals surface area (Å²) in [6.45, 7) is 20.1. The lowest BCUT2D eigenvalue weighted by Crippen LogP contribution is -2.62. The third kappa shape index (κ3) is 5.68. The number of fused-ring (bicyclic) bond motifs is 2. The molecule has 5 atom stereocenters. The summed E-state index contributed by atoms with van der Waals surface area (Å²) in [5, 5.41) is 12.0. The van der Waals surface area contributed by atoms with E-state index in [1.165, 1.54) is 5.57 Å². The normalized spacial score (nSPS) is 30.2. The fraction of sp³-hybridized carbons (Fsp3) is 0.489. The third-order valence-electron chi connectivity index (χ3n) is 13.1. The van der Waals surface area contributed by atoms with Gasteiger partial charge in [0, 0.05) is 55.5 Å². The van der Waals surface area contributed by atoms with Crippen molar-refractivity contribution in [3.8, 4) is 17.2 Å². The minimum absolute atomic E-state index is 0.0364. The van der Waals surface area contributed by atoms with E-state index in [2.05, 4.69) is 35.9 Å². The number of amides is 1. The standard InChI is InChI=1S/C47H55N3O7/c1-28(2)13-12-19-44(8)20-18-31-36(51)35-37(52)33-27-45(9)41-43(6,7)57-46(42(45)54,47(33,41)56-39(35)32(38(31)55-44)16-15-29(3)4)21-17-30(5)40(53)50-25-23-49(24-26-50)34-14-10-11-22-48-34/h10-11,13-15,17-18,20,22,27,41,51H,12,16,19,21,23-26H2,1-9H3/b30-17-/t41?,44?,45-,46?,47?/m1/s1. The number of allylic oxidation sites excluding steroid dienone is 5. The van der Waals surface area contributed by atoms with Crippen molar-refractivity contribution in [1.82, 2.24) is 9.88 Å². The number of benzene rings is 1. The zero-order valence-electron chi connectivity index (χ0n) is 34.7. The zero-order chi connectivity index (χ0) is 40.9. The number of rotatable bonds is 9. The third-order valence-corrected chi connectivity index (χ3v) is 13.1. The van der Waals surface area contributed by atoms with Crippen LogP contribution >= 0.6 is 0 Å². The number of aromatic hydroxyl groups is 1. The number of ketones is 2. The smallest absolute Gasteiger partial charge is 0.249 e. The molecule has 5 heterocycles. The number of aromatic nitrogens is 1. The zero-order valence-corrected chi connectivity index (χ0v) is 34.7. The number of hydrogen-bond donors (Lipinski definition) is 1. The van der Waals surface area contributed by atoms with E-state index in [1.54, 1.807) is 25.3 Å². The van der Waals surface area contributed by atoms with E-state index in [0.717, 1.165) is 17.8 Å².